The molecule has 0 N–H and O–H groups in total. The van der Waals surface area contributed by atoms with E-state index in [1.807, 2.05) is 0 Å². The first-order valence-electron chi connectivity index (χ1n) is 24.8. The summed E-state index contributed by atoms with van der Waals surface area (Å²) in [5.41, 5.74) is 1.13. The minimum Gasteiger partial charge on any atom is -0.494 e. The van der Waals surface area contributed by atoms with Gasteiger partial charge >= 0.3 is 23.9 Å². The second-order valence-corrected chi connectivity index (χ2v) is 17.2. The van der Waals surface area contributed by atoms with E-state index in [0.29, 0.717) is 46.6 Å². The van der Waals surface area contributed by atoms with Gasteiger partial charge in [-0.25, -0.2) is 19.2 Å². The lowest BCUT2D eigenvalue weighted by Gasteiger charge is -2.11. The third kappa shape index (κ3) is 16.4. The predicted molar refractivity (Wildman–Crippen MR) is 270 cm³/mol. The van der Waals surface area contributed by atoms with E-state index in [1.54, 1.807) is 66.7 Å². The first-order valence-corrected chi connectivity index (χ1v) is 24.8. The highest BCUT2D eigenvalue weighted by Gasteiger charge is 2.18. The van der Waals surface area contributed by atoms with Crippen LogP contribution >= 0.6 is 0 Å². The fourth-order valence-corrected chi connectivity index (χ4v) is 7.74. The third-order valence-electron chi connectivity index (χ3n) is 11.8. The summed E-state index contributed by atoms with van der Waals surface area (Å²) in [4.78, 5) is 52.1. The largest absolute Gasteiger partial charge is 0.494 e. The Balaban J connectivity index is 0.954. The van der Waals surface area contributed by atoms with Crippen molar-refractivity contribution in [3.63, 3.8) is 0 Å². The van der Waals surface area contributed by atoms with Gasteiger partial charge in [0.1, 0.15) is 46.1 Å². The molecule has 0 atom stereocenters. The summed E-state index contributed by atoms with van der Waals surface area (Å²) >= 11 is 0. The van der Waals surface area contributed by atoms with Gasteiger partial charge in [-0.3, -0.25) is 0 Å². The number of nitriles is 1. The molecule has 0 saturated carbocycles. The fraction of sp³-hybridized carbons (Fsp3) is 0.339. The quantitative estimate of drug-likeness (QED) is 0.0263. The van der Waals surface area contributed by atoms with Gasteiger partial charge in [0, 0.05) is 5.39 Å². The van der Waals surface area contributed by atoms with Gasteiger partial charge in [-0.05, 0) is 133 Å². The van der Waals surface area contributed by atoms with E-state index in [1.165, 1.54) is 138 Å². The van der Waals surface area contributed by atoms with Crippen LogP contribution < -0.4 is 28.4 Å². The molecule has 0 aliphatic carbocycles. The van der Waals surface area contributed by atoms with E-state index in [4.69, 9.17) is 28.4 Å². The van der Waals surface area contributed by atoms with Gasteiger partial charge in [0.25, 0.3) is 0 Å². The van der Waals surface area contributed by atoms with Crippen molar-refractivity contribution in [3.8, 4) is 40.6 Å². The van der Waals surface area contributed by atoms with Crippen molar-refractivity contribution in [1.29, 1.82) is 5.26 Å². The number of carbonyl (C=O) groups is 4. The first kappa shape index (κ1) is 51.9. The number of nitrogens with zero attached hydrogens (tertiary/aromatic N) is 1. The molecule has 70 heavy (non-hydrogen) atoms. The van der Waals surface area contributed by atoms with E-state index < -0.39 is 23.9 Å². The smallest absolute Gasteiger partial charge is 0.343 e. The molecule has 0 heterocycles. The predicted octanol–water partition coefficient (Wildman–Crippen LogP) is 14.6. The maximum absolute atomic E-state index is 13.2. The van der Waals surface area contributed by atoms with Crippen LogP contribution in [-0.4, -0.2) is 37.1 Å². The standard InChI is InChI=1S/C59H63NO10/c1-3-5-7-9-11-13-15-17-39-65-48-29-20-44(21-30-48)56(61)67-50-33-24-46(25-34-50)58(63)69-52-37-19-43-28-38-55(54(42-60)53(43)41-52)70-59(64)47-26-35-51(36-27-47)68-57(62)45-22-31-49(32-23-45)66-40-18-16-14-12-10-8-6-4-2/h19-38,41H,3-18,39-40H2,1-2H3. The maximum Gasteiger partial charge on any atom is 0.343 e. The lowest BCUT2D eigenvalue weighted by molar-refractivity contribution is 0.0720. The Kier molecular flexibility index (Phi) is 20.9. The van der Waals surface area contributed by atoms with Gasteiger partial charge in [-0.1, -0.05) is 116 Å². The van der Waals surface area contributed by atoms with Crippen LogP contribution in [0.4, 0.5) is 0 Å². The summed E-state index contributed by atoms with van der Waals surface area (Å²) in [7, 11) is 0. The highest BCUT2D eigenvalue weighted by atomic mass is 16.5. The lowest BCUT2D eigenvalue weighted by atomic mass is 10.0. The Morgan fingerprint density at radius 2 is 0.714 bits per heavy atom. The van der Waals surface area contributed by atoms with E-state index in [0.717, 1.165) is 25.7 Å². The van der Waals surface area contributed by atoms with Crippen LogP contribution in [0.25, 0.3) is 10.8 Å². The van der Waals surface area contributed by atoms with Crippen LogP contribution in [0.3, 0.4) is 0 Å². The number of ether oxygens (including phenoxy) is 6. The Hall–Kier alpha value is -7.45. The van der Waals surface area contributed by atoms with Crippen molar-refractivity contribution in [2.24, 2.45) is 0 Å². The maximum atomic E-state index is 13.2. The monoisotopic (exact) mass is 945 g/mol. The number of hydrogen-bond acceptors (Lipinski definition) is 11. The molecule has 0 radical (unpaired) electrons. The fourth-order valence-electron chi connectivity index (χ4n) is 7.74. The van der Waals surface area contributed by atoms with Crippen LogP contribution in [0, 0.1) is 11.3 Å². The number of hydrogen-bond donors (Lipinski definition) is 0. The van der Waals surface area contributed by atoms with Gasteiger partial charge in [-0.2, -0.15) is 5.26 Å². The summed E-state index contributed by atoms with van der Waals surface area (Å²) in [6.07, 6.45) is 19.5. The highest BCUT2D eigenvalue weighted by molar-refractivity contribution is 5.97. The van der Waals surface area contributed by atoms with Crippen LogP contribution in [0.5, 0.6) is 34.5 Å². The number of benzene rings is 6. The minimum absolute atomic E-state index is 0.00714. The topological polar surface area (TPSA) is 147 Å². The number of unbranched alkanes of at least 4 members (excludes halogenated alkanes) is 14. The van der Waals surface area contributed by atoms with E-state index in [2.05, 4.69) is 19.9 Å². The molecule has 11 nitrogen and oxygen atoms in total. The number of fused-ring (bicyclic) bond motifs is 1. The van der Waals surface area contributed by atoms with Crippen molar-refractivity contribution in [2.45, 2.75) is 117 Å². The number of rotatable bonds is 28. The summed E-state index contributed by atoms with van der Waals surface area (Å²) in [6.45, 7) is 5.70. The molecule has 0 spiro atoms. The zero-order valence-corrected chi connectivity index (χ0v) is 40.4. The molecule has 0 amide bonds. The Bertz CT molecular complexity index is 2650. The van der Waals surface area contributed by atoms with E-state index in [9.17, 15) is 24.4 Å². The number of esters is 4. The second-order valence-electron chi connectivity index (χ2n) is 17.2. The third-order valence-corrected chi connectivity index (χ3v) is 11.8. The van der Waals surface area contributed by atoms with Gasteiger partial charge in [0.05, 0.1) is 35.5 Å². The molecule has 6 aromatic rings. The Morgan fingerprint density at radius 3 is 1.11 bits per heavy atom. The lowest BCUT2D eigenvalue weighted by Crippen LogP contribution is -2.11. The zero-order chi connectivity index (χ0) is 49.3. The van der Waals surface area contributed by atoms with Crippen LogP contribution in [0.2, 0.25) is 0 Å². The SMILES string of the molecule is CCCCCCCCCCOc1ccc(C(=O)Oc2ccc(C(=O)Oc3ccc4ccc(OC(=O)c5ccc(OC(=O)c6ccc(OCCCCCCCCCC)cc6)cc5)c(C#N)c4c3)cc2)cc1. The summed E-state index contributed by atoms with van der Waals surface area (Å²) in [6, 6.07) is 35.5. The summed E-state index contributed by atoms with van der Waals surface area (Å²) < 4.78 is 34.1. The molecule has 0 aliphatic heterocycles. The minimum atomic E-state index is -0.736. The molecule has 364 valence electrons. The zero-order valence-electron chi connectivity index (χ0n) is 40.4. The number of carbonyl (C=O) groups excluding carboxylic acids is 4. The second kappa shape index (κ2) is 28.1. The average Bonchev–Trinajstić information content (AvgIpc) is 3.38. The Morgan fingerprint density at radius 1 is 0.386 bits per heavy atom. The van der Waals surface area contributed by atoms with Gasteiger partial charge in [-0.15, -0.1) is 0 Å². The molecule has 0 fully saturated rings. The van der Waals surface area contributed by atoms with Crippen molar-refractivity contribution < 1.29 is 47.6 Å². The van der Waals surface area contributed by atoms with Crippen LogP contribution in [0.1, 0.15) is 164 Å². The molecular formula is C59H63NO10. The van der Waals surface area contributed by atoms with Gasteiger partial charge in [0.2, 0.25) is 0 Å². The first-order chi connectivity index (χ1) is 34.2. The van der Waals surface area contributed by atoms with Crippen molar-refractivity contribution in [1.82, 2.24) is 0 Å². The summed E-state index contributed by atoms with van der Waals surface area (Å²) in [5, 5.41) is 11.2. The highest BCUT2D eigenvalue weighted by Crippen LogP contribution is 2.32. The van der Waals surface area contributed by atoms with Gasteiger partial charge in [0.15, 0.2) is 0 Å². The van der Waals surface area contributed by atoms with Crippen molar-refractivity contribution in [3.05, 3.63) is 155 Å². The van der Waals surface area contributed by atoms with Crippen LogP contribution in [-0.2, 0) is 0 Å². The Labute approximate surface area is 411 Å². The van der Waals surface area contributed by atoms with E-state index in [-0.39, 0.29) is 39.7 Å². The average molecular weight is 946 g/mol. The molecule has 0 bridgehead atoms. The summed E-state index contributed by atoms with van der Waals surface area (Å²) in [5.74, 6) is -0.516. The molecule has 0 unspecified atom stereocenters. The molecule has 11 heteroatoms. The van der Waals surface area contributed by atoms with Crippen molar-refractivity contribution in [2.75, 3.05) is 13.2 Å². The molecule has 0 saturated heterocycles. The molecule has 6 aromatic carbocycles. The van der Waals surface area contributed by atoms with Gasteiger partial charge < -0.3 is 28.4 Å². The normalized spacial score (nSPS) is 10.8. The van der Waals surface area contributed by atoms with Crippen LogP contribution in [0.15, 0.2) is 127 Å². The molecule has 0 aromatic heterocycles. The van der Waals surface area contributed by atoms with Crippen molar-refractivity contribution >= 4 is 34.6 Å². The van der Waals surface area contributed by atoms with E-state index >= 15 is 0 Å². The molecule has 6 rings (SSSR count). The molecule has 0 aliphatic rings. The molecular weight excluding hydrogens is 883 g/mol.